The van der Waals surface area contributed by atoms with Gasteiger partial charge >= 0.3 is 6.36 Å². The number of aliphatic imine (C=N–C) groups is 1. The molecule has 2 aromatic rings. The number of hydrogen-bond acceptors (Lipinski definition) is 6. The van der Waals surface area contributed by atoms with Crippen LogP contribution in [0.1, 0.15) is 78.0 Å². The van der Waals surface area contributed by atoms with E-state index in [0.717, 1.165) is 29.1 Å². The number of pyridine rings is 1. The van der Waals surface area contributed by atoms with Gasteiger partial charge in [0.15, 0.2) is 0 Å². The Hall–Kier alpha value is -2.94. The largest absolute Gasteiger partial charge is 0.573 e. The van der Waals surface area contributed by atoms with E-state index in [0.29, 0.717) is 31.6 Å². The molecule has 9 heteroatoms. The number of aromatic nitrogens is 1. The zero-order chi connectivity index (χ0) is 28.6. The topological polar surface area (TPSA) is 81.0 Å². The molecule has 6 nitrogen and oxygen atoms in total. The third kappa shape index (κ3) is 15.0. The van der Waals surface area contributed by atoms with Gasteiger partial charge in [-0.05, 0) is 58.2 Å². The Balaban J connectivity index is 0.000000530. The summed E-state index contributed by atoms with van der Waals surface area (Å²) in [5.74, 6) is 0.597. The average molecular weight is 527 g/mol. The number of aliphatic hydroxyl groups is 1. The van der Waals surface area contributed by atoms with Crippen LogP contribution in [0.2, 0.25) is 0 Å². The minimum Gasteiger partial charge on any atom is -0.481 e. The number of aryl methyl sites for hydroxylation is 2. The van der Waals surface area contributed by atoms with Crippen molar-refractivity contribution in [1.82, 2.24) is 4.98 Å². The van der Waals surface area contributed by atoms with Gasteiger partial charge in [0.1, 0.15) is 11.5 Å². The third-order valence-electron chi connectivity index (χ3n) is 5.56. The first-order valence-electron chi connectivity index (χ1n) is 12.3. The smallest absolute Gasteiger partial charge is 0.481 e. The Bertz CT molecular complexity index is 970. The number of ketones is 1. The van der Waals surface area contributed by atoms with Crippen LogP contribution in [0.3, 0.4) is 0 Å². The van der Waals surface area contributed by atoms with E-state index in [-0.39, 0.29) is 11.5 Å². The van der Waals surface area contributed by atoms with Crippen molar-refractivity contribution in [3.8, 4) is 11.6 Å². The molecule has 37 heavy (non-hydrogen) atoms. The van der Waals surface area contributed by atoms with Crippen LogP contribution in [-0.4, -0.2) is 40.7 Å². The van der Waals surface area contributed by atoms with Crippen LogP contribution in [0, 0.1) is 13.8 Å². The molecule has 2 rings (SSSR count). The summed E-state index contributed by atoms with van der Waals surface area (Å²) in [5, 5.41) is 9.71. The van der Waals surface area contributed by atoms with Gasteiger partial charge in [-0.1, -0.05) is 45.4 Å². The second kappa shape index (κ2) is 16.7. The summed E-state index contributed by atoms with van der Waals surface area (Å²) in [6, 6.07) is 9.43. The molecule has 208 valence electrons. The van der Waals surface area contributed by atoms with Gasteiger partial charge < -0.3 is 14.6 Å². The van der Waals surface area contributed by atoms with E-state index in [2.05, 4.69) is 21.6 Å². The first kappa shape index (κ1) is 34.1. The number of ether oxygens (including phenoxy) is 2. The molecule has 0 amide bonds. The molecule has 1 aromatic heterocycles. The van der Waals surface area contributed by atoms with E-state index in [4.69, 9.17) is 4.74 Å². The molecule has 0 saturated heterocycles. The molecule has 1 aromatic carbocycles. The molecule has 0 radical (unpaired) electrons. The number of Topliss-reactive ketones (excluding diaryl/α,β-unsaturated/α-hetero) is 1. The maximum Gasteiger partial charge on any atom is 0.573 e. The second-order valence-corrected chi connectivity index (χ2v) is 8.52. The van der Waals surface area contributed by atoms with Crippen LogP contribution < -0.4 is 9.47 Å². The van der Waals surface area contributed by atoms with Crippen molar-refractivity contribution in [3.63, 3.8) is 0 Å². The fourth-order valence-electron chi connectivity index (χ4n) is 2.78. The summed E-state index contributed by atoms with van der Waals surface area (Å²) < 4.78 is 43.5. The van der Waals surface area contributed by atoms with Crippen LogP contribution in [-0.2, 0) is 4.79 Å². The normalized spacial score (nSPS) is 11.5. The van der Waals surface area contributed by atoms with Crippen LogP contribution >= 0.6 is 0 Å². The number of methoxy groups -OCH3 is 1. The van der Waals surface area contributed by atoms with E-state index >= 15 is 0 Å². The fraction of sp³-hybridized carbons (Fsp3) is 0.536. The lowest BCUT2D eigenvalue weighted by Crippen LogP contribution is -2.29. The Morgan fingerprint density at radius 3 is 1.95 bits per heavy atom. The molecule has 1 N–H and O–H groups in total. The Kier molecular flexibility index (Phi) is 15.4. The van der Waals surface area contributed by atoms with E-state index in [1.807, 2.05) is 46.8 Å². The maximum absolute atomic E-state index is 11.6. The molecular formula is C28H41F3N2O4. The van der Waals surface area contributed by atoms with Gasteiger partial charge in [-0.25, -0.2) is 4.98 Å². The van der Waals surface area contributed by atoms with Gasteiger partial charge in [0, 0.05) is 24.6 Å². The van der Waals surface area contributed by atoms with Gasteiger partial charge in [-0.15, -0.1) is 13.2 Å². The van der Waals surface area contributed by atoms with E-state index in [1.54, 1.807) is 26.2 Å². The summed E-state index contributed by atoms with van der Waals surface area (Å²) >= 11 is 0. The first-order valence-corrected chi connectivity index (χ1v) is 12.3. The average Bonchev–Trinajstić information content (AvgIpc) is 2.86. The predicted octanol–water partition coefficient (Wildman–Crippen LogP) is 7.70. The van der Waals surface area contributed by atoms with Crippen LogP contribution in [0.25, 0.3) is 0 Å². The number of hydrogen-bond donors (Lipinski definition) is 1. The first-order chi connectivity index (χ1) is 17.2. The summed E-state index contributed by atoms with van der Waals surface area (Å²) in [6.45, 7) is 13.5. The molecule has 0 atom stereocenters. The minimum absolute atomic E-state index is 0.149. The van der Waals surface area contributed by atoms with Crippen molar-refractivity contribution in [1.29, 1.82) is 0 Å². The lowest BCUT2D eigenvalue weighted by molar-refractivity contribution is -0.274. The van der Waals surface area contributed by atoms with E-state index < -0.39 is 12.0 Å². The van der Waals surface area contributed by atoms with Crippen LogP contribution in [0.4, 0.5) is 18.9 Å². The molecule has 0 bridgehead atoms. The molecular weight excluding hydrogens is 485 g/mol. The third-order valence-corrected chi connectivity index (χ3v) is 5.56. The lowest BCUT2D eigenvalue weighted by atomic mass is 9.91. The van der Waals surface area contributed by atoms with Crippen molar-refractivity contribution in [2.24, 2.45) is 4.99 Å². The van der Waals surface area contributed by atoms with Crippen molar-refractivity contribution in [2.45, 2.75) is 92.5 Å². The summed E-state index contributed by atoms with van der Waals surface area (Å²) in [7, 11) is 1.61. The zero-order valence-corrected chi connectivity index (χ0v) is 23.2. The molecule has 0 saturated carbocycles. The number of rotatable bonds is 9. The van der Waals surface area contributed by atoms with Crippen LogP contribution in [0.5, 0.6) is 11.6 Å². The second-order valence-electron chi connectivity index (χ2n) is 8.52. The molecule has 0 fully saturated rings. The monoisotopic (exact) mass is 526 g/mol. The molecule has 0 aliphatic rings. The molecule has 0 unspecified atom stereocenters. The number of carbonyl (C=O) groups excluding carboxylic acids is 1. The Morgan fingerprint density at radius 1 is 0.973 bits per heavy atom. The van der Waals surface area contributed by atoms with Gasteiger partial charge in [-0.2, -0.15) is 0 Å². The fourth-order valence-corrected chi connectivity index (χ4v) is 2.78. The number of alkyl halides is 3. The molecule has 0 spiro atoms. The summed E-state index contributed by atoms with van der Waals surface area (Å²) in [6.07, 6.45) is -1.47. The Labute approximate surface area is 218 Å². The highest BCUT2D eigenvalue weighted by atomic mass is 19.4. The zero-order valence-electron chi connectivity index (χ0n) is 23.2. The lowest BCUT2D eigenvalue weighted by Gasteiger charge is -2.23. The van der Waals surface area contributed by atoms with Crippen LogP contribution in [0.15, 0.2) is 41.4 Å². The SMILES string of the molecule is CCC(=O)CC(O)(CC)CC.CCC(C)=Nc1ccc(OC)nc1C.Cc1ccc(OC(F)(F)F)cc1. The number of benzene rings is 1. The summed E-state index contributed by atoms with van der Waals surface area (Å²) in [4.78, 5) is 19.7. The van der Waals surface area contributed by atoms with Crippen molar-refractivity contribution in [3.05, 3.63) is 47.7 Å². The van der Waals surface area contributed by atoms with Gasteiger partial charge in [-0.3, -0.25) is 9.79 Å². The maximum atomic E-state index is 11.6. The van der Waals surface area contributed by atoms with Crippen molar-refractivity contribution < 1.29 is 32.5 Å². The predicted molar refractivity (Wildman–Crippen MR) is 142 cm³/mol. The van der Waals surface area contributed by atoms with Gasteiger partial charge in [0.05, 0.1) is 24.1 Å². The van der Waals surface area contributed by atoms with E-state index in [1.165, 1.54) is 12.1 Å². The number of halogens is 3. The Morgan fingerprint density at radius 2 is 1.54 bits per heavy atom. The van der Waals surface area contributed by atoms with Gasteiger partial charge in [0.25, 0.3) is 0 Å². The molecule has 0 aliphatic carbocycles. The standard InChI is InChI=1S/C11H16N2O.C9H18O2.C8H7F3O/c1-5-8(2)12-10-6-7-11(14-4)13-9(10)3;1-4-8(10)7-9(11,5-2)6-3;1-6-2-4-7(5-3-6)12-8(9,10)11/h6-7H,5H2,1-4H3;11H,4-7H2,1-3H3;2-5H,1H3. The highest BCUT2D eigenvalue weighted by molar-refractivity contribution is 5.84. The quantitative estimate of drug-likeness (QED) is 0.339. The highest BCUT2D eigenvalue weighted by Crippen LogP contribution is 2.23. The van der Waals surface area contributed by atoms with Crippen molar-refractivity contribution >= 4 is 17.2 Å². The van der Waals surface area contributed by atoms with E-state index in [9.17, 15) is 23.1 Å². The minimum atomic E-state index is -4.60. The number of carbonyl (C=O) groups is 1. The summed E-state index contributed by atoms with van der Waals surface area (Å²) in [5.41, 5.74) is 3.08. The molecule has 0 aliphatic heterocycles. The van der Waals surface area contributed by atoms with Gasteiger partial charge in [0.2, 0.25) is 5.88 Å². The van der Waals surface area contributed by atoms with Crippen molar-refractivity contribution in [2.75, 3.05) is 7.11 Å². The molecule has 1 heterocycles. The highest BCUT2D eigenvalue weighted by Gasteiger charge is 2.30. The number of nitrogens with zero attached hydrogens (tertiary/aromatic N) is 2.